The molecule has 1 aromatic heterocycles. The van der Waals surface area contributed by atoms with Crippen molar-refractivity contribution in [2.45, 2.75) is 44.2 Å². The summed E-state index contributed by atoms with van der Waals surface area (Å²) >= 11 is 0. The molecule has 0 saturated carbocycles. The quantitative estimate of drug-likeness (QED) is 0.424. The van der Waals surface area contributed by atoms with Crippen LogP contribution in [-0.4, -0.2) is 79.0 Å². The topological polar surface area (TPSA) is 61.2 Å². The number of aromatic nitrogens is 1. The molecule has 1 N–H and O–H groups in total. The average Bonchev–Trinajstić information content (AvgIpc) is 2.84. The lowest BCUT2D eigenvalue weighted by Gasteiger charge is -2.39. The molecule has 3 aliphatic rings. The summed E-state index contributed by atoms with van der Waals surface area (Å²) in [5, 5.41) is 10.4. The predicted molar refractivity (Wildman–Crippen MR) is 144 cm³/mol. The summed E-state index contributed by atoms with van der Waals surface area (Å²) < 4.78 is 5.15. The molecule has 0 bridgehead atoms. The van der Waals surface area contributed by atoms with Gasteiger partial charge in [0.2, 0.25) is 0 Å². The number of ether oxygens (including phenoxy) is 1. The number of pyridine rings is 1. The number of piperazine rings is 1. The van der Waals surface area contributed by atoms with Crippen LogP contribution in [0.15, 0.2) is 59.4 Å². The van der Waals surface area contributed by atoms with Gasteiger partial charge in [0.1, 0.15) is 11.4 Å². The van der Waals surface area contributed by atoms with E-state index < -0.39 is 5.60 Å². The van der Waals surface area contributed by atoms with Crippen molar-refractivity contribution < 1.29 is 9.84 Å². The number of rotatable bonds is 9. The fourth-order valence-electron chi connectivity index (χ4n) is 4.66. The van der Waals surface area contributed by atoms with Crippen molar-refractivity contribution in [3.8, 4) is 0 Å². The lowest BCUT2D eigenvalue weighted by molar-refractivity contribution is -0.184. The van der Waals surface area contributed by atoms with Crippen LogP contribution in [0.3, 0.4) is 0 Å². The van der Waals surface area contributed by atoms with Gasteiger partial charge in [0.05, 0.1) is 18.9 Å². The van der Waals surface area contributed by atoms with E-state index in [1.165, 1.54) is 24.6 Å². The van der Waals surface area contributed by atoms with E-state index in [0.29, 0.717) is 19.3 Å². The van der Waals surface area contributed by atoms with Crippen LogP contribution in [0.4, 0.5) is 5.82 Å². The zero-order chi connectivity index (χ0) is 23.8. The standard InChI is InChI=1S/C27H39N4O2P/c1-3-23-19-34-17-7-12-28-25(23)9-6-4-5-8-22(2)30-13-15-31(16-14-30)26-11-10-24(18-29-26)27(32)20-33-21-27/h3,6,9-12,18,22,32,34H,1,4-5,7-8,13-17,19-21H2,2H3/b9-6-,25-23-,28-12?. The van der Waals surface area contributed by atoms with Crippen LogP contribution in [-0.2, 0) is 10.3 Å². The Balaban J connectivity index is 1.18. The van der Waals surface area contributed by atoms with E-state index >= 15 is 0 Å². The highest BCUT2D eigenvalue weighted by atomic mass is 31.1. The Morgan fingerprint density at radius 2 is 2.09 bits per heavy atom. The minimum atomic E-state index is -0.845. The zero-order valence-electron chi connectivity index (χ0n) is 20.5. The fourth-order valence-corrected chi connectivity index (χ4v) is 5.77. The number of nitrogens with zero attached hydrogens (tertiary/aromatic N) is 4. The van der Waals surface area contributed by atoms with Crippen LogP contribution in [0.2, 0.25) is 0 Å². The SMILES string of the molecule is C=C/C1=C(\C=C/CCCC(C)N2CCN(c3ccc(C4(O)COC4)cn3)CC2)N=CCCPC1. The van der Waals surface area contributed by atoms with Gasteiger partial charge in [-0.25, -0.2) is 4.98 Å². The molecule has 0 spiro atoms. The molecule has 0 aliphatic carbocycles. The van der Waals surface area contributed by atoms with Gasteiger partial charge in [0, 0.05) is 50.2 Å². The highest BCUT2D eigenvalue weighted by Gasteiger charge is 2.38. The number of hydrogen-bond donors (Lipinski definition) is 1. The van der Waals surface area contributed by atoms with Crippen molar-refractivity contribution in [1.29, 1.82) is 0 Å². The number of anilines is 1. The monoisotopic (exact) mass is 482 g/mol. The van der Waals surface area contributed by atoms with Crippen LogP contribution in [0.25, 0.3) is 0 Å². The van der Waals surface area contributed by atoms with E-state index in [9.17, 15) is 5.11 Å². The van der Waals surface area contributed by atoms with Gasteiger partial charge in [-0.15, -0.1) is 8.58 Å². The normalized spacial score (nSPS) is 25.2. The summed E-state index contributed by atoms with van der Waals surface area (Å²) in [5.41, 5.74) is 2.39. The molecule has 4 heterocycles. The maximum absolute atomic E-state index is 10.4. The maximum atomic E-state index is 10.4. The van der Waals surface area contributed by atoms with Gasteiger partial charge in [-0.2, -0.15) is 0 Å². The van der Waals surface area contributed by atoms with Gasteiger partial charge in [0.15, 0.2) is 0 Å². The van der Waals surface area contributed by atoms with Crippen LogP contribution >= 0.6 is 8.58 Å². The molecule has 2 saturated heterocycles. The molecule has 2 atom stereocenters. The molecule has 0 amide bonds. The van der Waals surface area contributed by atoms with Crippen molar-refractivity contribution in [2.24, 2.45) is 4.99 Å². The van der Waals surface area contributed by atoms with Crippen LogP contribution in [0.1, 0.15) is 38.2 Å². The smallest absolute Gasteiger partial charge is 0.137 e. The number of hydrogen-bond acceptors (Lipinski definition) is 6. The second kappa shape index (κ2) is 12.2. The molecule has 2 fully saturated rings. The van der Waals surface area contributed by atoms with E-state index in [-0.39, 0.29) is 0 Å². The summed E-state index contributed by atoms with van der Waals surface area (Å²) in [7, 11) is 0.974. The highest BCUT2D eigenvalue weighted by Crippen LogP contribution is 2.29. The van der Waals surface area contributed by atoms with E-state index in [0.717, 1.165) is 70.8 Å². The lowest BCUT2D eigenvalue weighted by atomic mass is 9.94. The molecule has 1 aromatic rings. The molecule has 2 unspecified atom stereocenters. The summed E-state index contributed by atoms with van der Waals surface area (Å²) in [6, 6.07) is 4.61. The molecule has 6 nitrogen and oxygen atoms in total. The number of allylic oxidation sites excluding steroid dienone is 4. The van der Waals surface area contributed by atoms with Crippen LogP contribution in [0, 0.1) is 0 Å². The summed E-state index contributed by atoms with van der Waals surface area (Å²) in [4.78, 5) is 14.2. The Hall–Kier alpha value is -1.85. The first-order valence-electron chi connectivity index (χ1n) is 12.6. The Labute approximate surface area is 206 Å². The molecule has 34 heavy (non-hydrogen) atoms. The summed E-state index contributed by atoms with van der Waals surface area (Å²) in [6.07, 6.45) is 17.3. The molecule has 3 aliphatic heterocycles. The van der Waals surface area contributed by atoms with Crippen molar-refractivity contribution in [2.75, 3.05) is 56.6 Å². The number of unbranched alkanes of at least 4 members (excludes halogenated alkanes) is 1. The summed E-state index contributed by atoms with van der Waals surface area (Å²) in [5.74, 6) is 0.996. The van der Waals surface area contributed by atoms with Gasteiger partial charge < -0.3 is 14.7 Å². The lowest BCUT2D eigenvalue weighted by Crippen LogP contribution is -2.50. The minimum Gasteiger partial charge on any atom is -0.380 e. The Kier molecular flexibility index (Phi) is 9.07. The third-order valence-electron chi connectivity index (χ3n) is 7.07. The number of aliphatic imine (C=N–C) groups is 1. The number of aliphatic hydroxyl groups is 1. The zero-order valence-corrected chi connectivity index (χ0v) is 21.5. The Morgan fingerprint density at radius 1 is 1.26 bits per heavy atom. The largest absolute Gasteiger partial charge is 0.380 e. The summed E-state index contributed by atoms with van der Waals surface area (Å²) in [6.45, 7) is 11.2. The first-order chi connectivity index (χ1) is 16.6. The van der Waals surface area contributed by atoms with Crippen LogP contribution < -0.4 is 4.90 Å². The van der Waals surface area contributed by atoms with Gasteiger partial charge >= 0.3 is 0 Å². The van der Waals surface area contributed by atoms with Crippen molar-refractivity contribution in [3.05, 3.63) is 60.0 Å². The molecule has 0 radical (unpaired) electrons. The average molecular weight is 483 g/mol. The molecule has 4 rings (SSSR count). The molecular formula is C27H39N4O2P. The predicted octanol–water partition coefficient (Wildman–Crippen LogP) is 4.13. The minimum absolute atomic E-state index is 0.363. The van der Waals surface area contributed by atoms with E-state index in [2.05, 4.69) is 51.6 Å². The molecule has 7 heteroatoms. The molecule has 184 valence electrons. The Morgan fingerprint density at radius 3 is 2.76 bits per heavy atom. The molecule has 0 aromatic carbocycles. The highest BCUT2D eigenvalue weighted by molar-refractivity contribution is 7.38. The van der Waals surface area contributed by atoms with Gasteiger partial charge in [0.25, 0.3) is 0 Å². The maximum Gasteiger partial charge on any atom is 0.137 e. The van der Waals surface area contributed by atoms with Crippen molar-refractivity contribution in [1.82, 2.24) is 9.88 Å². The van der Waals surface area contributed by atoms with E-state index in [1.807, 2.05) is 18.2 Å². The van der Waals surface area contributed by atoms with E-state index in [1.54, 1.807) is 6.20 Å². The fraction of sp³-hybridized carbons (Fsp3) is 0.556. The first-order valence-corrected chi connectivity index (χ1v) is 14.0. The van der Waals surface area contributed by atoms with Crippen molar-refractivity contribution in [3.63, 3.8) is 0 Å². The van der Waals surface area contributed by atoms with Gasteiger partial charge in [-0.3, -0.25) is 9.89 Å². The van der Waals surface area contributed by atoms with Gasteiger partial charge in [-0.05, 0) is 62.6 Å². The van der Waals surface area contributed by atoms with Gasteiger partial charge in [-0.1, -0.05) is 24.8 Å². The second-order valence-electron chi connectivity index (χ2n) is 9.53. The Bertz CT molecular complexity index is 900. The third-order valence-corrected chi connectivity index (χ3v) is 8.34. The van der Waals surface area contributed by atoms with Crippen molar-refractivity contribution >= 4 is 20.6 Å². The van der Waals surface area contributed by atoms with Crippen LogP contribution in [0.5, 0.6) is 0 Å². The second-order valence-corrected chi connectivity index (χ2v) is 10.9. The third kappa shape index (κ3) is 6.42. The molecular weight excluding hydrogens is 443 g/mol. The van der Waals surface area contributed by atoms with E-state index in [4.69, 9.17) is 4.74 Å². The first kappa shape index (κ1) is 25.2.